The zero-order valence-corrected chi connectivity index (χ0v) is 13.4. The van der Waals surface area contributed by atoms with Crippen LogP contribution in [0.25, 0.3) is 0 Å². The van der Waals surface area contributed by atoms with E-state index in [1.54, 1.807) is 12.1 Å². The molecule has 0 aliphatic rings. The van der Waals surface area contributed by atoms with Gasteiger partial charge in [-0.3, -0.25) is 9.59 Å². The molecule has 0 saturated carbocycles. The lowest BCUT2D eigenvalue weighted by molar-refractivity contribution is -0.274. The molecule has 0 aliphatic heterocycles. The number of ether oxygens (including phenoxy) is 2. The summed E-state index contributed by atoms with van der Waals surface area (Å²) < 4.78 is 46.4. The number of nitrogens with two attached hydrogens (primary N) is 1. The Kier molecular flexibility index (Phi) is 6.05. The number of carbonyl (C=O) groups is 2. The third-order valence-corrected chi connectivity index (χ3v) is 3.14. The fraction of sp³-hybridized carbons (Fsp3) is 0.176. The van der Waals surface area contributed by atoms with Gasteiger partial charge < -0.3 is 20.5 Å². The van der Waals surface area contributed by atoms with E-state index in [1.165, 1.54) is 30.3 Å². The van der Waals surface area contributed by atoms with Crippen molar-refractivity contribution in [2.75, 3.05) is 6.61 Å². The topological polar surface area (TPSA) is 90.7 Å². The zero-order valence-electron chi connectivity index (χ0n) is 13.4. The van der Waals surface area contributed by atoms with Crippen LogP contribution < -0.4 is 20.5 Å². The maximum Gasteiger partial charge on any atom is 0.573 e. The number of benzene rings is 2. The molecule has 2 amide bonds. The van der Waals surface area contributed by atoms with Gasteiger partial charge in [-0.2, -0.15) is 0 Å². The molecular weight excluding hydrogens is 353 g/mol. The summed E-state index contributed by atoms with van der Waals surface area (Å²) in [6.45, 7) is -0.609. The van der Waals surface area contributed by atoms with Crippen LogP contribution in [-0.4, -0.2) is 24.8 Å². The van der Waals surface area contributed by atoms with E-state index in [0.29, 0.717) is 0 Å². The van der Waals surface area contributed by atoms with E-state index < -0.39 is 30.5 Å². The Morgan fingerprint density at radius 1 is 1.00 bits per heavy atom. The van der Waals surface area contributed by atoms with E-state index in [1.807, 2.05) is 0 Å². The van der Waals surface area contributed by atoms with Crippen molar-refractivity contribution in [1.82, 2.24) is 5.32 Å². The Morgan fingerprint density at radius 3 is 2.27 bits per heavy atom. The van der Waals surface area contributed by atoms with Crippen LogP contribution in [0.4, 0.5) is 13.2 Å². The van der Waals surface area contributed by atoms with E-state index >= 15 is 0 Å². The van der Waals surface area contributed by atoms with Crippen molar-refractivity contribution in [3.8, 4) is 11.5 Å². The second-order valence-corrected chi connectivity index (χ2v) is 5.09. The van der Waals surface area contributed by atoms with Gasteiger partial charge >= 0.3 is 6.36 Å². The van der Waals surface area contributed by atoms with Crippen molar-refractivity contribution >= 4 is 11.8 Å². The van der Waals surface area contributed by atoms with Crippen LogP contribution in [0.1, 0.15) is 15.9 Å². The lowest BCUT2D eigenvalue weighted by atomic mass is 10.1. The minimum absolute atomic E-state index is 0.114. The predicted molar refractivity (Wildman–Crippen MR) is 85.4 cm³/mol. The lowest BCUT2D eigenvalue weighted by Gasteiger charge is -2.14. The summed E-state index contributed by atoms with van der Waals surface area (Å²) in [5, 5.41) is 2.49. The first-order valence-corrected chi connectivity index (χ1v) is 7.38. The van der Waals surface area contributed by atoms with Gasteiger partial charge in [0.1, 0.15) is 11.5 Å². The third-order valence-electron chi connectivity index (χ3n) is 3.14. The summed E-state index contributed by atoms with van der Waals surface area (Å²) in [7, 11) is 0. The van der Waals surface area contributed by atoms with Gasteiger partial charge in [0, 0.05) is 12.1 Å². The molecule has 2 aromatic carbocycles. The van der Waals surface area contributed by atoms with Gasteiger partial charge in [0.25, 0.3) is 11.8 Å². The van der Waals surface area contributed by atoms with Gasteiger partial charge in [-0.25, -0.2) is 0 Å². The first-order chi connectivity index (χ1) is 12.3. The van der Waals surface area contributed by atoms with Crippen molar-refractivity contribution in [3.05, 3.63) is 59.7 Å². The molecule has 6 nitrogen and oxygen atoms in total. The van der Waals surface area contributed by atoms with Crippen molar-refractivity contribution in [2.24, 2.45) is 5.73 Å². The number of halogens is 3. The third kappa shape index (κ3) is 5.69. The van der Waals surface area contributed by atoms with Crippen LogP contribution >= 0.6 is 0 Å². The maximum atomic E-state index is 12.4. The van der Waals surface area contributed by atoms with Gasteiger partial charge in [0.15, 0.2) is 6.61 Å². The predicted octanol–water partition coefficient (Wildman–Crippen LogP) is 2.38. The van der Waals surface area contributed by atoms with Crippen LogP contribution in [0, 0.1) is 0 Å². The van der Waals surface area contributed by atoms with Crippen molar-refractivity contribution < 1.29 is 32.2 Å². The average Bonchev–Trinajstić information content (AvgIpc) is 2.58. The number of hydrogen-bond donors (Lipinski definition) is 2. The highest BCUT2D eigenvalue weighted by molar-refractivity contribution is 5.97. The molecule has 0 spiro atoms. The summed E-state index contributed by atoms with van der Waals surface area (Å²) in [5.74, 6) is -1.58. The molecule has 0 bridgehead atoms. The zero-order chi connectivity index (χ0) is 19.2. The van der Waals surface area contributed by atoms with E-state index in [-0.39, 0.29) is 23.4 Å². The molecule has 2 rings (SSSR count). The molecule has 0 atom stereocenters. The summed E-state index contributed by atoms with van der Waals surface area (Å²) >= 11 is 0. The van der Waals surface area contributed by atoms with Crippen LogP contribution in [0.2, 0.25) is 0 Å². The Morgan fingerprint density at radius 2 is 1.62 bits per heavy atom. The number of alkyl halides is 3. The molecule has 2 aromatic rings. The summed E-state index contributed by atoms with van der Waals surface area (Å²) in [6.07, 6.45) is -4.84. The number of amides is 2. The van der Waals surface area contributed by atoms with Gasteiger partial charge in [0.2, 0.25) is 0 Å². The molecule has 0 heterocycles. The smallest absolute Gasteiger partial charge is 0.483 e. The maximum absolute atomic E-state index is 12.4. The monoisotopic (exact) mass is 368 g/mol. The highest BCUT2D eigenvalue weighted by atomic mass is 19.4. The average molecular weight is 368 g/mol. The number of primary amides is 1. The first-order valence-electron chi connectivity index (χ1n) is 7.38. The number of para-hydroxylation sites is 2. The molecule has 0 saturated heterocycles. The molecule has 138 valence electrons. The molecular formula is C17H15F3N2O4. The van der Waals surface area contributed by atoms with Crippen LogP contribution in [0.3, 0.4) is 0 Å². The first kappa shape index (κ1) is 19.1. The Hall–Kier alpha value is -3.23. The molecule has 0 unspecified atom stereocenters. The Balaban J connectivity index is 2.09. The van der Waals surface area contributed by atoms with E-state index in [2.05, 4.69) is 10.1 Å². The molecule has 0 fully saturated rings. The summed E-state index contributed by atoms with van der Waals surface area (Å²) in [6, 6.07) is 11.6. The molecule has 26 heavy (non-hydrogen) atoms. The normalized spacial score (nSPS) is 10.9. The lowest BCUT2D eigenvalue weighted by Crippen LogP contribution is -2.26. The largest absolute Gasteiger partial charge is 0.573 e. The standard InChI is InChI=1S/C17H15F3N2O4/c18-17(19,20)26-13-7-3-1-5-11(13)9-22-16(24)12-6-2-4-8-14(12)25-10-15(21)23/h1-8H,9-10H2,(H2,21,23)(H,22,24). The van der Waals surface area contributed by atoms with E-state index in [4.69, 9.17) is 10.5 Å². The second kappa shape index (κ2) is 8.24. The number of carbonyl (C=O) groups excluding carboxylic acids is 2. The summed E-state index contributed by atoms with van der Waals surface area (Å²) in [5.41, 5.74) is 5.26. The minimum atomic E-state index is -4.84. The molecule has 0 radical (unpaired) electrons. The van der Waals surface area contributed by atoms with Crippen molar-refractivity contribution in [2.45, 2.75) is 12.9 Å². The Labute approximate surface area is 146 Å². The Bertz CT molecular complexity index is 794. The minimum Gasteiger partial charge on any atom is -0.483 e. The molecule has 0 aliphatic carbocycles. The number of hydrogen-bond acceptors (Lipinski definition) is 4. The number of nitrogens with one attached hydrogen (secondary N) is 1. The molecule has 3 N–H and O–H groups in total. The van der Waals surface area contributed by atoms with Crippen LogP contribution in [-0.2, 0) is 11.3 Å². The van der Waals surface area contributed by atoms with Crippen molar-refractivity contribution in [3.63, 3.8) is 0 Å². The highest BCUT2D eigenvalue weighted by Gasteiger charge is 2.32. The van der Waals surface area contributed by atoms with Gasteiger partial charge in [0.05, 0.1) is 5.56 Å². The van der Waals surface area contributed by atoms with Crippen molar-refractivity contribution in [1.29, 1.82) is 0 Å². The van der Waals surface area contributed by atoms with Crippen LogP contribution in [0.5, 0.6) is 11.5 Å². The summed E-state index contributed by atoms with van der Waals surface area (Å²) in [4.78, 5) is 23.1. The second-order valence-electron chi connectivity index (χ2n) is 5.09. The van der Waals surface area contributed by atoms with E-state index in [0.717, 1.165) is 6.07 Å². The van der Waals surface area contributed by atoms with Gasteiger partial charge in [-0.1, -0.05) is 30.3 Å². The molecule has 9 heteroatoms. The fourth-order valence-corrected chi connectivity index (χ4v) is 2.07. The quantitative estimate of drug-likeness (QED) is 0.785. The van der Waals surface area contributed by atoms with Gasteiger partial charge in [-0.05, 0) is 18.2 Å². The van der Waals surface area contributed by atoms with E-state index in [9.17, 15) is 22.8 Å². The molecule has 0 aromatic heterocycles. The van der Waals surface area contributed by atoms with Crippen LogP contribution in [0.15, 0.2) is 48.5 Å². The highest BCUT2D eigenvalue weighted by Crippen LogP contribution is 2.26. The SMILES string of the molecule is NC(=O)COc1ccccc1C(=O)NCc1ccccc1OC(F)(F)F. The fourth-order valence-electron chi connectivity index (χ4n) is 2.07. The number of rotatable bonds is 7. The van der Waals surface area contributed by atoms with Gasteiger partial charge in [-0.15, -0.1) is 13.2 Å².